The monoisotopic (exact) mass is 368 g/mol. The summed E-state index contributed by atoms with van der Waals surface area (Å²) in [6, 6.07) is 9.53. The molecule has 0 N–H and O–H groups in total. The lowest BCUT2D eigenvalue weighted by Crippen LogP contribution is -2.35. The lowest BCUT2D eigenvalue weighted by molar-refractivity contribution is -0.274. The van der Waals surface area contributed by atoms with Gasteiger partial charge < -0.3 is 14.2 Å². The summed E-state index contributed by atoms with van der Waals surface area (Å²) in [5, 5.41) is 0. The maximum atomic E-state index is 12.2. The van der Waals surface area contributed by atoms with Crippen molar-refractivity contribution in [3.05, 3.63) is 54.4 Å². The predicted octanol–water partition coefficient (Wildman–Crippen LogP) is 3.26. The Morgan fingerprint density at radius 3 is 2.65 bits per heavy atom. The van der Waals surface area contributed by atoms with Crippen molar-refractivity contribution in [3.63, 3.8) is 0 Å². The van der Waals surface area contributed by atoms with Crippen LogP contribution in [-0.2, 0) is 11.3 Å². The molecule has 140 valence electrons. The number of rotatable bonds is 5. The van der Waals surface area contributed by atoms with Crippen molar-refractivity contribution in [1.29, 1.82) is 0 Å². The van der Waals surface area contributed by atoms with Crippen LogP contribution in [0, 0.1) is 0 Å². The molecule has 1 aromatic carbocycles. The van der Waals surface area contributed by atoms with E-state index in [0.29, 0.717) is 38.6 Å². The number of benzene rings is 1. The van der Waals surface area contributed by atoms with E-state index in [0.717, 1.165) is 5.56 Å². The second-order valence-electron chi connectivity index (χ2n) is 5.93. The topological polar surface area (TPSA) is 43.8 Å². The Balaban J connectivity index is 1.57. The number of pyridine rings is 1. The maximum Gasteiger partial charge on any atom is 0.573 e. The van der Waals surface area contributed by atoms with Crippen molar-refractivity contribution in [2.75, 3.05) is 26.3 Å². The van der Waals surface area contributed by atoms with Gasteiger partial charge in [-0.1, -0.05) is 12.1 Å². The number of nitrogens with zero attached hydrogens (tertiary/aromatic N) is 2. The zero-order valence-electron chi connectivity index (χ0n) is 14.0. The van der Waals surface area contributed by atoms with Gasteiger partial charge >= 0.3 is 6.36 Å². The number of halogens is 3. The van der Waals surface area contributed by atoms with Crippen molar-refractivity contribution in [1.82, 2.24) is 9.88 Å². The first-order chi connectivity index (χ1) is 12.5. The molecule has 0 saturated carbocycles. The van der Waals surface area contributed by atoms with Gasteiger partial charge in [-0.3, -0.25) is 9.88 Å². The smallest absolute Gasteiger partial charge is 0.485 e. The fourth-order valence-electron chi connectivity index (χ4n) is 2.72. The molecule has 8 heteroatoms. The van der Waals surface area contributed by atoms with E-state index in [1.807, 2.05) is 6.07 Å². The van der Waals surface area contributed by atoms with Crippen molar-refractivity contribution in [2.45, 2.75) is 19.0 Å². The Morgan fingerprint density at radius 1 is 1.15 bits per heavy atom. The van der Waals surface area contributed by atoms with Crippen LogP contribution in [0.25, 0.3) is 0 Å². The normalized spacial score (nSPS) is 19.0. The van der Waals surface area contributed by atoms with Gasteiger partial charge in [0.25, 0.3) is 0 Å². The molecule has 1 fully saturated rings. The van der Waals surface area contributed by atoms with Crippen LogP contribution in [0.5, 0.6) is 11.5 Å². The Kier molecular flexibility index (Phi) is 5.95. The van der Waals surface area contributed by atoms with E-state index in [4.69, 9.17) is 9.47 Å². The van der Waals surface area contributed by atoms with E-state index < -0.39 is 6.36 Å². The minimum Gasteiger partial charge on any atom is -0.485 e. The highest BCUT2D eigenvalue weighted by atomic mass is 19.4. The van der Waals surface area contributed by atoms with E-state index in [2.05, 4.69) is 14.6 Å². The van der Waals surface area contributed by atoms with E-state index in [1.54, 1.807) is 30.6 Å². The fraction of sp³-hybridized carbons (Fsp3) is 0.389. The summed E-state index contributed by atoms with van der Waals surface area (Å²) in [5.74, 6) is 0.454. The molecular formula is C18H19F3N2O3. The van der Waals surface area contributed by atoms with Gasteiger partial charge in [-0.05, 0) is 29.8 Å². The van der Waals surface area contributed by atoms with Crippen molar-refractivity contribution in [3.8, 4) is 11.5 Å². The highest BCUT2D eigenvalue weighted by Gasteiger charge is 2.31. The molecule has 26 heavy (non-hydrogen) atoms. The molecular weight excluding hydrogens is 349 g/mol. The number of aromatic nitrogens is 1. The maximum absolute atomic E-state index is 12.2. The number of ether oxygens (including phenoxy) is 3. The first-order valence-electron chi connectivity index (χ1n) is 8.19. The molecule has 1 aliphatic heterocycles. The second kappa shape index (κ2) is 8.37. The number of hydrogen-bond donors (Lipinski definition) is 0. The van der Waals surface area contributed by atoms with Gasteiger partial charge in [-0.15, -0.1) is 13.2 Å². The average molecular weight is 368 g/mol. The highest BCUT2D eigenvalue weighted by molar-refractivity contribution is 5.27. The fourth-order valence-corrected chi connectivity index (χ4v) is 2.72. The third-order valence-corrected chi connectivity index (χ3v) is 3.82. The first kappa shape index (κ1) is 18.5. The summed E-state index contributed by atoms with van der Waals surface area (Å²) < 4.78 is 52.0. The first-order valence-corrected chi connectivity index (χ1v) is 8.19. The third-order valence-electron chi connectivity index (χ3n) is 3.82. The minimum absolute atomic E-state index is 0.144. The molecule has 0 bridgehead atoms. The Hall–Kier alpha value is -2.32. The van der Waals surface area contributed by atoms with Gasteiger partial charge in [0.1, 0.15) is 17.6 Å². The third kappa shape index (κ3) is 5.89. The van der Waals surface area contributed by atoms with Crippen molar-refractivity contribution < 1.29 is 27.4 Å². The largest absolute Gasteiger partial charge is 0.573 e. The molecule has 3 rings (SSSR count). The summed E-state index contributed by atoms with van der Waals surface area (Å²) in [7, 11) is 0. The van der Waals surface area contributed by atoms with Crippen molar-refractivity contribution >= 4 is 0 Å². The Bertz CT molecular complexity index is 680. The van der Waals surface area contributed by atoms with E-state index >= 15 is 0 Å². The van der Waals surface area contributed by atoms with Crippen LogP contribution in [0.15, 0.2) is 48.8 Å². The molecule has 0 aliphatic carbocycles. The van der Waals surface area contributed by atoms with Crippen LogP contribution in [0.2, 0.25) is 0 Å². The van der Waals surface area contributed by atoms with E-state index in [-0.39, 0.29) is 11.9 Å². The van der Waals surface area contributed by atoms with Crippen molar-refractivity contribution in [2.24, 2.45) is 0 Å². The molecule has 2 aromatic rings. The molecule has 0 radical (unpaired) electrons. The van der Waals surface area contributed by atoms with Crippen LogP contribution in [0.4, 0.5) is 13.2 Å². The summed E-state index contributed by atoms with van der Waals surface area (Å²) in [4.78, 5) is 6.17. The molecule has 1 atom stereocenters. The molecule has 0 spiro atoms. The number of hydrogen-bond acceptors (Lipinski definition) is 5. The second-order valence-corrected chi connectivity index (χ2v) is 5.93. The predicted molar refractivity (Wildman–Crippen MR) is 87.9 cm³/mol. The van der Waals surface area contributed by atoms with E-state index in [9.17, 15) is 13.2 Å². The molecule has 2 heterocycles. The highest BCUT2D eigenvalue weighted by Crippen LogP contribution is 2.23. The summed E-state index contributed by atoms with van der Waals surface area (Å²) in [6.45, 7) is 3.00. The Labute approximate surface area is 149 Å². The summed E-state index contributed by atoms with van der Waals surface area (Å²) in [5.41, 5.74) is 0.890. The van der Waals surface area contributed by atoms with Gasteiger partial charge in [0.15, 0.2) is 0 Å². The molecule has 0 amide bonds. The molecule has 1 aliphatic rings. The molecule has 5 nitrogen and oxygen atoms in total. The SMILES string of the molecule is FC(F)(F)Oc1ccc(CN2CCOC[C@H](Oc3cccnc3)C2)cc1. The number of alkyl halides is 3. The van der Waals surface area contributed by atoms with Crippen LogP contribution >= 0.6 is 0 Å². The van der Waals surface area contributed by atoms with Crippen LogP contribution in [-0.4, -0.2) is 48.7 Å². The molecule has 1 aromatic heterocycles. The van der Waals surface area contributed by atoms with Gasteiger partial charge in [-0.2, -0.15) is 0 Å². The average Bonchev–Trinajstić information content (AvgIpc) is 2.81. The zero-order valence-corrected chi connectivity index (χ0v) is 14.0. The quantitative estimate of drug-likeness (QED) is 0.811. The summed E-state index contributed by atoms with van der Waals surface area (Å²) >= 11 is 0. The van der Waals surface area contributed by atoms with Gasteiger partial charge in [-0.25, -0.2) is 0 Å². The van der Waals surface area contributed by atoms with E-state index in [1.165, 1.54) is 12.1 Å². The van der Waals surface area contributed by atoms with Crippen LogP contribution < -0.4 is 9.47 Å². The summed E-state index contributed by atoms with van der Waals surface area (Å²) in [6.07, 6.45) is -1.50. The standard InChI is InChI=1S/C18H19F3N2O3/c19-18(20,21)26-15-5-3-14(4-6-15)11-23-8-9-24-13-17(12-23)25-16-2-1-7-22-10-16/h1-7,10,17H,8-9,11-13H2/t17-/m1/s1. The molecule has 1 saturated heterocycles. The van der Waals surface area contributed by atoms with Crippen LogP contribution in [0.3, 0.4) is 0 Å². The lowest BCUT2D eigenvalue weighted by Gasteiger charge is -2.24. The van der Waals surface area contributed by atoms with Gasteiger partial charge in [0.2, 0.25) is 0 Å². The van der Waals surface area contributed by atoms with Gasteiger partial charge in [0.05, 0.1) is 19.4 Å². The Morgan fingerprint density at radius 2 is 1.96 bits per heavy atom. The lowest BCUT2D eigenvalue weighted by atomic mass is 10.2. The zero-order chi connectivity index (χ0) is 18.4. The van der Waals surface area contributed by atoms with Crippen LogP contribution in [0.1, 0.15) is 5.56 Å². The molecule has 0 unspecified atom stereocenters. The van der Waals surface area contributed by atoms with Gasteiger partial charge in [0, 0.05) is 25.8 Å². The minimum atomic E-state index is -4.68.